The number of carbonyl (C=O) groups excluding carboxylic acids is 2. The Morgan fingerprint density at radius 2 is 1.31 bits per heavy atom. The maximum atomic E-state index is 11.6. The molecule has 2 rings (SSSR count). The van der Waals surface area contributed by atoms with E-state index >= 15 is 0 Å². The van der Waals surface area contributed by atoms with Crippen LogP contribution in [-0.4, -0.2) is 44.5 Å². The lowest BCUT2D eigenvalue weighted by molar-refractivity contribution is -0.0756. The maximum Gasteiger partial charge on any atom is 0.278 e. The summed E-state index contributed by atoms with van der Waals surface area (Å²) in [6.45, 7) is 0. The lowest BCUT2D eigenvalue weighted by atomic mass is 10.2. The average Bonchev–Trinajstić information content (AvgIpc) is 2.67. The number of halogens is 5. The predicted molar refractivity (Wildman–Crippen MR) is 118 cm³/mol. The van der Waals surface area contributed by atoms with Gasteiger partial charge in [-0.05, 0) is 48.0 Å². The molecule has 0 fully saturated rings. The molecule has 2 aromatic rings. The van der Waals surface area contributed by atoms with Gasteiger partial charge in [0, 0.05) is 24.1 Å². The first-order chi connectivity index (χ1) is 13.6. The highest BCUT2D eigenvalue weighted by Crippen LogP contribution is 2.22. The maximum absolute atomic E-state index is 11.6. The Kier molecular flexibility index (Phi) is 14.3. The van der Waals surface area contributed by atoms with Crippen LogP contribution in [-0.2, 0) is 9.68 Å². The summed E-state index contributed by atoms with van der Waals surface area (Å²) in [4.78, 5) is 31.2. The SMILES string of the molecule is CNOC.CON(C)C(=O)c1ccc(Cl)cc1Cl.O=C(Cl)c1ccc(Cl)cc1Cl. The number of nitrogens with zero attached hydrogens (tertiary/aromatic N) is 1. The minimum absolute atomic E-state index is 0.275. The van der Waals surface area contributed by atoms with E-state index < -0.39 is 5.24 Å². The summed E-state index contributed by atoms with van der Waals surface area (Å²) < 4.78 is 0. The lowest BCUT2D eigenvalue weighted by Crippen LogP contribution is -2.25. The molecule has 0 aliphatic rings. The van der Waals surface area contributed by atoms with E-state index in [-0.39, 0.29) is 16.5 Å². The van der Waals surface area contributed by atoms with Gasteiger partial charge in [0.05, 0.1) is 35.4 Å². The first-order valence-corrected chi connectivity index (χ1v) is 9.59. The second-order valence-electron chi connectivity index (χ2n) is 4.92. The van der Waals surface area contributed by atoms with Crippen molar-refractivity contribution in [3.63, 3.8) is 0 Å². The zero-order valence-corrected chi connectivity index (χ0v) is 19.7. The van der Waals surface area contributed by atoms with E-state index in [0.29, 0.717) is 20.6 Å². The number of nitrogens with one attached hydrogen (secondary N) is 1. The van der Waals surface area contributed by atoms with Crippen LogP contribution in [0.5, 0.6) is 0 Å². The molecule has 0 radical (unpaired) electrons. The molecule has 6 nitrogen and oxygen atoms in total. The van der Waals surface area contributed by atoms with Crippen LogP contribution in [0.2, 0.25) is 20.1 Å². The molecule has 1 amide bonds. The standard InChI is InChI=1S/C9H9Cl2NO2.C7H3Cl3O.C2H7NO/c1-12(14-2)9(13)7-4-3-6(10)5-8(7)11;8-4-1-2-5(7(10)11)6(9)3-4;1-3-4-2/h3-5H,1-2H3;1-3H;3H,1-2H3. The fourth-order valence-electron chi connectivity index (χ4n) is 1.56. The Balaban J connectivity index is 0.000000466. The normalized spacial score (nSPS) is 9.55. The first-order valence-electron chi connectivity index (χ1n) is 7.70. The first kappa shape index (κ1) is 27.9. The summed E-state index contributed by atoms with van der Waals surface area (Å²) in [5.41, 5.74) is 3.07. The molecule has 0 heterocycles. The molecule has 0 spiro atoms. The highest BCUT2D eigenvalue weighted by Gasteiger charge is 2.14. The van der Waals surface area contributed by atoms with Gasteiger partial charge in [-0.2, -0.15) is 0 Å². The minimum Gasteiger partial charge on any atom is -0.305 e. The summed E-state index contributed by atoms with van der Waals surface area (Å²) >= 11 is 27.9. The van der Waals surface area contributed by atoms with Crippen LogP contribution in [0.4, 0.5) is 0 Å². The third-order valence-corrected chi connectivity index (χ3v) is 4.37. The summed E-state index contributed by atoms with van der Waals surface area (Å²) in [7, 11) is 6.19. The summed E-state index contributed by atoms with van der Waals surface area (Å²) in [5.74, 6) is -0.311. The van der Waals surface area contributed by atoms with E-state index in [1.54, 1.807) is 32.4 Å². The molecule has 0 aliphatic carbocycles. The number of amides is 1. The van der Waals surface area contributed by atoms with E-state index in [1.807, 2.05) is 0 Å². The van der Waals surface area contributed by atoms with Crippen molar-refractivity contribution in [2.75, 3.05) is 28.3 Å². The zero-order valence-electron chi connectivity index (χ0n) is 15.9. The van der Waals surface area contributed by atoms with Crippen molar-refractivity contribution in [2.24, 2.45) is 0 Å². The van der Waals surface area contributed by atoms with E-state index in [9.17, 15) is 9.59 Å². The fourth-order valence-corrected chi connectivity index (χ4v) is 2.76. The monoisotopic (exact) mass is 502 g/mol. The third kappa shape index (κ3) is 10.5. The zero-order chi connectivity index (χ0) is 22.6. The molecule has 0 saturated carbocycles. The van der Waals surface area contributed by atoms with Gasteiger partial charge in [-0.3, -0.25) is 14.4 Å². The van der Waals surface area contributed by atoms with E-state index in [0.717, 1.165) is 5.06 Å². The van der Waals surface area contributed by atoms with Gasteiger partial charge in [-0.25, -0.2) is 10.5 Å². The molecule has 11 heteroatoms. The summed E-state index contributed by atoms with van der Waals surface area (Å²) in [6.07, 6.45) is 0. The van der Waals surface area contributed by atoms with E-state index in [4.69, 9.17) is 62.8 Å². The fraction of sp³-hybridized carbons (Fsp3) is 0.222. The highest BCUT2D eigenvalue weighted by molar-refractivity contribution is 6.68. The topological polar surface area (TPSA) is 67.9 Å². The predicted octanol–water partition coefficient (Wildman–Crippen LogP) is 5.77. The van der Waals surface area contributed by atoms with E-state index in [1.165, 1.54) is 32.4 Å². The number of hydrogen-bond donors (Lipinski definition) is 1. The van der Waals surface area contributed by atoms with Crippen LogP contribution < -0.4 is 5.48 Å². The van der Waals surface area contributed by atoms with Gasteiger partial charge in [0.1, 0.15) is 0 Å². The smallest absolute Gasteiger partial charge is 0.278 e. The largest absolute Gasteiger partial charge is 0.305 e. The Labute approximate surface area is 194 Å². The Morgan fingerprint density at radius 1 is 0.897 bits per heavy atom. The molecule has 0 saturated heterocycles. The van der Waals surface area contributed by atoms with Gasteiger partial charge in [0.2, 0.25) is 0 Å². The third-order valence-electron chi connectivity index (χ3n) is 3.07. The number of hydroxylamine groups is 3. The van der Waals surface area contributed by atoms with Crippen molar-refractivity contribution < 1.29 is 19.3 Å². The molecule has 0 aliphatic heterocycles. The minimum atomic E-state index is -0.577. The highest BCUT2D eigenvalue weighted by atomic mass is 35.5. The van der Waals surface area contributed by atoms with Gasteiger partial charge >= 0.3 is 0 Å². The molecule has 0 aromatic heterocycles. The average molecular weight is 505 g/mol. The van der Waals surface area contributed by atoms with Gasteiger partial charge < -0.3 is 4.84 Å². The molecule has 0 bridgehead atoms. The van der Waals surface area contributed by atoms with Crippen LogP contribution in [0.25, 0.3) is 0 Å². The molecule has 29 heavy (non-hydrogen) atoms. The van der Waals surface area contributed by atoms with Crippen molar-refractivity contribution in [3.05, 3.63) is 67.6 Å². The molecule has 0 atom stereocenters. The summed E-state index contributed by atoms with van der Waals surface area (Å²) in [6, 6.07) is 9.19. The van der Waals surface area contributed by atoms with Crippen LogP contribution in [0.1, 0.15) is 20.7 Å². The van der Waals surface area contributed by atoms with Crippen LogP contribution in [0.15, 0.2) is 36.4 Å². The van der Waals surface area contributed by atoms with Gasteiger partial charge in [-0.15, -0.1) is 0 Å². The number of hydrogen-bond acceptors (Lipinski definition) is 5. The van der Waals surface area contributed by atoms with Crippen LogP contribution >= 0.6 is 58.0 Å². The Bertz CT molecular complexity index is 819. The van der Waals surface area contributed by atoms with Crippen molar-refractivity contribution in [3.8, 4) is 0 Å². The van der Waals surface area contributed by atoms with Crippen molar-refractivity contribution >= 4 is 69.2 Å². The molecular weight excluding hydrogens is 485 g/mol. The van der Waals surface area contributed by atoms with Crippen LogP contribution in [0, 0.1) is 0 Å². The van der Waals surface area contributed by atoms with Gasteiger partial charge in [0.25, 0.3) is 11.1 Å². The van der Waals surface area contributed by atoms with Crippen molar-refractivity contribution in [2.45, 2.75) is 0 Å². The molecule has 0 unspecified atom stereocenters. The lowest BCUT2D eigenvalue weighted by Gasteiger charge is -2.14. The molecule has 160 valence electrons. The quantitative estimate of drug-likeness (QED) is 0.423. The van der Waals surface area contributed by atoms with Crippen LogP contribution in [0.3, 0.4) is 0 Å². The second-order valence-corrected chi connectivity index (χ2v) is 6.95. The van der Waals surface area contributed by atoms with Gasteiger partial charge in [0.15, 0.2) is 0 Å². The van der Waals surface area contributed by atoms with Crippen molar-refractivity contribution in [1.82, 2.24) is 10.5 Å². The van der Waals surface area contributed by atoms with E-state index in [2.05, 4.69) is 10.3 Å². The Morgan fingerprint density at radius 3 is 1.62 bits per heavy atom. The Hall–Kier alpha value is -1.09. The number of benzene rings is 2. The van der Waals surface area contributed by atoms with Crippen molar-refractivity contribution in [1.29, 1.82) is 0 Å². The molecule has 1 N–H and O–H groups in total. The second kappa shape index (κ2) is 14.8. The van der Waals surface area contributed by atoms with Gasteiger partial charge in [-0.1, -0.05) is 46.4 Å². The summed E-state index contributed by atoms with van der Waals surface area (Å²) in [5, 5.41) is 2.08. The molecule has 2 aromatic carbocycles. The molecular formula is C18H19Cl5N2O4. The number of carbonyl (C=O) groups is 2. The number of rotatable bonds is 4.